The maximum absolute atomic E-state index is 14.0. The summed E-state index contributed by atoms with van der Waals surface area (Å²) in [4.78, 5) is 14.0. The predicted octanol–water partition coefficient (Wildman–Crippen LogP) is 9.07. The zero-order valence-corrected chi connectivity index (χ0v) is 25.1. The van der Waals surface area contributed by atoms with Gasteiger partial charge < -0.3 is 9.47 Å². The van der Waals surface area contributed by atoms with Crippen molar-refractivity contribution in [3.05, 3.63) is 0 Å². The lowest BCUT2D eigenvalue weighted by molar-refractivity contribution is -0.173. The van der Waals surface area contributed by atoms with Gasteiger partial charge in [0.15, 0.2) is 5.78 Å². The fraction of sp³-hybridized carbons (Fsp3) is 0.969. The molecule has 5 rings (SSSR count). The van der Waals surface area contributed by atoms with E-state index in [-0.39, 0.29) is 0 Å². The van der Waals surface area contributed by atoms with E-state index >= 15 is 0 Å². The second-order valence-electron chi connectivity index (χ2n) is 13.6. The fourth-order valence-electron chi connectivity index (χ4n) is 9.45. The first-order chi connectivity index (χ1) is 17.9. The molecule has 0 unspecified atom stereocenters. The molecule has 0 aromatic carbocycles. The first-order valence-electron chi connectivity index (χ1n) is 16.0. The van der Waals surface area contributed by atoms with Gasteiger partial charge in [0.1, 0.15) is 4.33 Å². The SMILES string of the molecule is CCCOC1CCC(C2CC[C@]3(CC2)C(=O)[C@@]2(CC[C@@H](C4CCC(OCCC)CC4)CC2)C3(Cl)Cl)CC1. The molecule has 0 atom stereocenters. The number of ether oxygens (including phenoxy) is 2. The Bertz CT molecular complexity index is 690. The number of ketones is 1. The Morgan fingerprint density at radius 2 is 0.919 bits per heavy atom. The molecule has 0 N–H and O–H groups in total. The molecule has 5 aliphatic carbocycles. The molecule has 0 aromatic heterocycles. The van der Waals surface area contributed by atoms with Crippen molar-refractivity contribution in [3.8, 4) is 0 Å². The van der Waals surface area contributed by atoms with Crippen molar-refractivity contribution in [2.45, 2.75) is 146 Å². The van der Waals surface area contributed by atoms with E-state index in [1.165, 1.54) is 51.4 Å². The van der Waals surface area contributed by atoms with E-state index in [1.54, 1.807) is 0 Å². The predicted molar refractivity (Wildman–Crippen MR) is 152 cm³/mol. The third-order valence-electron chi connectivity index (χ3n) is 11.7. The summed E-state index contributed by atoms with van der Waals surface area (Å²) in [5, 5.41) is 0. The molecule has 0 heterocycles. The van der Waals surface area contributed by atoms with E-state index in [2.05, 4.69) is 13.8 Å². The molecule has 3 nitrogen and oxygen atoms in total. The van der Waals surface area contributed by atoms with Crippen LogP contribution in [0.5, 0.6) is 0 Å². The summed E-state index contributed by atoms with van der Waals surface area (Å²) in [6, 6.07) is 0. The van der Waals surface area contributed by atoms with Crippen molar-refractivity contribution in [1.82, 2.24) is 0 Å². The second kappa shape index (κ2) is 12.0. The Balaban J connectivity index is 1.11. The lowest BCUT2D eigenvalue weighted by atomic mass is 9.41. The van der Waals surface area contributed by atoms with E-state index < -0.39 is 15.2 Å². The smallest absolute Gasteiger partial charge is 0.151 e. The van der Waals surface area contributed by atoms with Gasteiger partial charge in [-0.1, -0.05) is 37.0 Å². The molecule has 0 radical (unpaired) electrons. The minimum absolute atomic E-state index is 0.440. The average molecular weight is 556 g/mol. The Morgan fingerprint density at radius 1 is 0.595 bits per heavy atom. The van der Waals surface area contributed by atoms with Gasteiger partial charge in [0, 0.05) is 13.2 Å². The van der Waals surface area contributed by atoms with Crippen molar-refractivity contribution in [1.29, 1.82) is 0 Å². The van der Waals surface area contributed by atoms with Gasteiger partial charge >= 0.3 is 0 Å². The quantitative estimate of drug-likeness (QED) is 0.280. The number of halogens is 2. The lowest BCUT2D eigenvalue weighted by Crippen LogP contribution is -2.74. The van der Waals surface area contributed by atoms with Gasteiger partial charge in [0.05, 0.1) is 23.0 Å². The monoisotopic (exact) mass is 554 g/mol. The summed E-state index contributed by atoms with van der Waals surface area (Å²) < 4.78 is 11.2. The molecule has 0 saturated heterocycles. The van der Waals surface area contributed by atoms with Gasteiger partial charge in [0.2, 0.25) is 0 Å². The molecule has 2 spiro atoms. The van der Waals surface area contributed by atoms with E-state index in [4.69, 9.17) is 32.7 Å². The van der Waals surface area contributed by atoms with Crippen LogP contribution in [0.1, 0.15) is 129 Å². The van der Waals surface area contributed by atoms with Crippen molar-refractivity contribution < 1.29 is 14.3 Å². The van der Waals surface area contributed by atoms with Crippen molar-refractivity contribution in [2.75, 3.05) is 13.2 Å². The Hall–Kier alpha value is 0.170. The van der Waals surface area contributed by atoms with Crippen molar-refractivity contribution in [3.63, 3.8) is 0 Å². The van der Waals surface area contributed by atoms with Crippen LogP contribution in [0, 0.1) is 34.5 Å². The van der Waals surface area contributed by atoms with Gasteiger partial charge in [-0.2, -0.15) is 0 Å². The zero-order valence-electron chi connectivity index (χ0n) is 23.6. The Kier molecular flexibility index (Phi) is 9.27. The Labute approximate surface area is 236 Å². The number of hydrogen-bond acceptors (Lipinski definition) is 3. The van der Waals surface area contributed by atoms with Gasteiger partial charge in [-0.25, -0.2) is 0 Å². The first kappa shape index (κ1) is 28.7. The van der Waals surface area contributed by atoms with Gasteiger partial charge in [-0.3, -0.25) is 4.79 Å². The standard InChI is InChI=1S/C32H52Cl2O3/c1-3-21-36-27-9-5-23(6-10-27)25-13-17-30(18-14-25)29(35)31(32(30,33)34)19-15-26(16-20-31)24-7-11-28(12-8-24)37-22-4-2/h23-28H,3-22H2,1-2H3/t23?,24?,25-,26?,27?,28?,30+,31-. The van der Waals surface area contributed by atoms with Gasteiger partial charge in [-0.05, 0) is 139 Å². The number of Topliss-reactive ketones (excluding diaryl/α,β-unsaturated/α-hetero) is 1. The van der Waals surface area contributed by atoms with Crippen LogP contribution in [-0.4, -0.2) is 35.5 Å². The first-order valence-corrected chi connectivity index (χ1v) is 16.8. The molecule has 5 fully saturated rings. The average Bonchev–Trinajstić information content (AvgIpc) is 2.95. The number of rotatable bonds is 8. The molecule has 0 aliphatic heterocycles. The molecule has 5 saturated carbocycles. The molecule has 0 amide bonds. The minimum atomic E-state index is -0.871. The van der Waals surface area contributed by atoms with Crippen LogP contribution in [0.15, 0.2) is 0 Å². The minimum Gasteiger partial charge on any atom is -0.378 e. The van der Waals surface area contributed by atoms with Crippen molar-refractivity contribution in [2.24, 2.45) is 34.5 Å². The number of carbonyl (C=O) groups is 1. The molecule has 0 bridgehead atoms. The second-order valence-corrected chi connectivity index (χ2v) is 14.9. The van der Waals surface area contributed by atoms with Crippen molar-refractivity contribution >= 4 is 29.0 Å². The van der Waals surface area contributed by atoms with Crippen LogP contribution in [-0.2, 0) is 14.3 Å². The van der Waals surface area contributed by atoms with Crippen LogP contribution in [0.25, 0.3) is 0 Å². The van der Waals surface area contributed by atoms with Gasteiger partial charge in [0.25, 0.3) is 0 Å². The molecular formula is C32H52Cl2O3. The maximum atomic E-state index is 14.0. The summed E-state index contributed by atoms with van der Waals surface area (Å²) >= 11 is 14.6. The van der Waals surface area contributed by atoms with E-state index in [0.29, 0.717) is 18.0 Å². The topological polar surface area (TPSA) is 35.5 Å². The summed E-state index contributed by atoms with van der Waals surface area (Å²) in [5.74, 6) is 3.49. The highest BCUT2D eigenvalue weighted by Gasteiger charge is 2.79. The number of hydrogen-bond donors (Lipinski definition) is 0. The summed E-state index contributed by atoms with van der Waals surface area (Å²) in [6.07, 6.45) is 21.2. The zero-order chi connectivity index (χ0) is 26.1. The third kappa shape index (κ3) is 5.19. The molecule has 5 aliphatic rings. The van der Waals surface area contributed by atoms with E-state index in [9.17, 15) is 4.79 Å². The fourth-order valence-corrected chi connectivity index (χ4v) is 10.6. The maximum Gasteiger partial charge on any atom is 0.151 e. The molecule has 0 aromatic rings. The largest absolute Gasteiger partial charge is 0.378 e. The lowest BCUT2D eigenvalue weighted by Gasteiger charge is -2.67. The molecular weight excluding hydrogens is 503 g/mol. The van der Waals surface area contributed by atoms with Crippen LogP contribution in [0.2, 0.25) is 0 Å². The van der Waals surface area contributed by atoms with E-state index in [1.807, 2.05) is 0 Å². The van der Waals surface area contributed by atoms with Crippen LogP contribution in [0.4, 0.5) is 0 Å². The van der Waals surface area contributed by atoms with Crippen LogP contribution >= 0.6 is 23.2 Å². The third-order valence-corrected chi connectivity index (χ3v) is 13.2. The highest BCUT2D eigenvalue weighted by molar-refractivity contribution is 6.55. The van der Waals surface area contributed by atoms with Gasteiger partial charge in [-0.15, -0.1) is 0 Å². The number of alkyl halides is 2. The normalized spacial score (nSPS) is 44.2. The molecule has 5 heteroatoms. The highest BCUT2D eigenvalue weighted by Crippen LogP contribution is 2.75. The molecule has 212 valence electrons. The highest BCUT2D eigenvalue weighted by atomic mass is 35.5. The summed E-state index contributed by atoms with van der Waals surface area (Å²) in [6.45, 7) is 6.17. The van der Waals surface area contributed by atoms with Crippen LogP contribution in [0.3, 0.4) is 0 Å². The summed E-state index contributed by atoms with van der Waals surface area (Å²) in [5.41, 5.74) is -0.953. The number of carbonyl (C=O) groups excluding carboxylic acids is 1. The molecule has 37 heavy (non-hydrogen) atoms. The van der Waals surface area contributed by atoms with E-state index in [0.717, 1.165) is 101 Å². The Morgan fingerprint density at radius 3 is 1.22 bits per heavy atom. The summed E-state index contributed by atoms with van der Waals surface area (Å²) in [7, 11) is 0. The van der Waals surface area contributed by atoms with Crippen LogP contribution < -0.4 is 0 Å².